The lowest BCUT2D eigenvalue weighted by molar-refractivity contribution is -0.128. The average molecular weight is 393 g/mol. The number of aliphatic hydroxyl groups is 1. The molecule has 5 rings (SSSR count). The molecule has 7 heteroatoms. The first kappa shape index (κ1) is 18.3. The molecule has 150 valence electrons. The third-order valence-electron chi connectivity index (χ3n) is 5.19. The van der Waals surface area contributed by atoms with Gasteiger partial charge in [-0.3, -0.25) is 10.4 Å². The molecule has 4 bridgehead atoms. The molecule has 0 fully saturated rings. The lowest BCUT2D eigenvalue weighted by atomic mass is 9.98. The smallest absolute Gasteiger partial charge is 0.213 e. The topological polar surface area (TPSA) is 88.6 Å². The molecule has 0 saturated heterocycles. The molecule has 1 atom stereocenters. The summed E-state index contributed by atoms with van der Waals surface area (Å²) in [5.74, 6) is 0.801. The number of fused-ring (bicyclic) bond motifs is 4. The van der Waals surface area contributed by atoms with Gasteiger partial charge in [0.25, 0.3) is 0 Å². The van der Waals surface area contributed by atoms with Crippen molar-refractivity contribution in [3.63, 3.8) is 0 Å². The molecule has 1 aromatic heterocycles. The van der Waals surface area contributed by atoms with E-state index >= 15 is 0 Å². The van der Waals surface area contributed by atoms with E-state index in [1.807, 2.05) is 18.2 Å². The fourth-order valence-corrected chi connectivity index (χ4v) is 3.71. The quantitative estimate of drug-likeness (QED) is 0.589. The maximum Gasteiger partial charge on any atom is 0.213 e. The predicted octanol–water partition coefficient (Wildman–Crippen LogP) is 2.81. The van der Waals surface area contributed by atoms with E-state index in [0.717, 1.165) is 51.0 Å². The van der Waals surface area contributed by atoms with E-state index in [2.05, 4.69) is 39.8 Å². The van der Waals surface area contributed by atoms with Crippen LogP contribution in [-0.2, 0) is 16.1 Å². The minimum atomic E-state index is -1.03. The predicted molar refractivity (Wildman–Crippen MR) is 109 cm³/mol. The Balaban J connectivity index is 1.63. The Bertz CT molecular complexity index is 1060. The van der Waals surface area contributed by atoms with Crippen LogP contribution < -0.4 is 10.1 Å². The number of benzene rings is 2. The summed E-state index contributed by atoms with van der Waals surface area (Å²) < 4.78 is 17.0. The van der Waals surface area contributed by atoms with Gasteiger partial charge in [-0.15, -0.1) is 0 Å². The van der Waals surface area contributed by atoms with Crippen LogP contribution in [0.2, 0.25) is 0 Å². The number of hydrogen-bond acceptors (Lipinski definition) is 6. The molecule has 0 aliphatic carbocycles. The fourth-order valence-electron chi connectivity index (χ4n) is 3.71. The molecule has 29 heavy (non-hydrogen) atoms. The number of hydrogen-bond donors (Lipinski definition) is 3. The Hall–Kier alpha value is -2.71. The molecule has 3 heterocycles. The van der Waals surface area contributed by atoms with E-state index in [1.54, 1.807) is 0 Å². The highest BCUT2D eigenvalue weighted by molar-refractivity contribution is 5.94. The molecule has 3 N–H and O–H groups in total. The highest BCUT2D eigenvalue weighted by Crippen LogP contribution is 2.33. The van der Waals surface area contributed by atoms with Gasteiger partial charge in [-0.25, -0.2) is 0 Å². The number of nitrogens with one attached hydrogen (secondary N) is 2. The summed E-state index contributed by atoms with van der Waals surface area (Å²) in [5.41, 5.74) is 5.99. The first-order valence-electron chi connectivity index (χ1n) is 9.82. The number of aromatic nitrogens is 2. The van der Waals surface area contributed by atoms with Crippen molar-refractivity contribution in [2.24, 2.45) is 0 Å². The second-order valence-corrected chi connectivity index (χ2v) is 7.26. The van der Waals surface area contributed by atoms with Crippen LogP contribution in [0.1, 0.15) is 17.5 Å². The SMILES string of the molecule is OC1NCCCOc2ccc3[nH]nc(c3c2)-c2cc(cc(C3=CCOC3)c2)CO1. The molecular formula is C22H23N3O4. The number of aromatic amines is 1. The van der Waals surface area contributed by atoms with E-state index in [4.69, 9.17) is 14.2 Å². The summed E-state index contributed by atoms with van der Waals surface area (Å²) in [7, 11) is 0. The number of ether oxygens (including phenoxy) is 3. The molecule has 1 unspecified atom stereocenters. The van der Waals surface area contributed by atoms with Crippen LogP contribution in [0.25, 0.3) is 27.7 Å². The first-order chi connectivity index (χ1) is 14.3. The Morgan fingerprint density at radius 3 is 2.90 bits per heavy atom. The van der Waals surface area contributed by atoms with Gasteiger partial charge in [0.15, 0.2) is 0 Å². The van der Waals surface area contributed by atoms with Crippen LogP contribution in [0.15, 0.2) is 42.5 Å². The standard InChI is InChI=1S/C22H23N3O4/c26-22-23-5-1-6-28-18-2-3-20-19(11-18)21(25-24-20)17-9-14(12-29-22)8-16(10-17)15-4-7-27-13-15/h2-4,8-11,22-23,26H,1,5-7,12-13H2,(H,24,25). The van der Waals surface area contributed by atoms with Crippen molar-refractivity contribution in [2.45, 2.75) is 19.4 Å². The van der Waals surface area contributed by atoms with Gasteiger partial charge in [0.2, 0.25) is 6.41 Å². The molecule has 2 aliphatic heterocycles. The van der Waals surface area contributed by atoms with Crippen molar-refractivity contribution < 1.29 is 19.3 Å². The monoisotopic (exact) mass is 393 g/mol. The van der Waals surface area contributed by atoms with Gasteiger partial charge < -0.3 is 19.3 Å². The molecule has 0 amide bonds. The van der Waals surface area contributed by atoms with Crippen molar-refractivity contribution >= 4 is 16.5 Å². The summed E-state index contributed by atoms with van der Waals surface area (Å²) in [4.78, 5) is 0. The highest BCUT2D eigenvalue weighted by atomic mass is 16.6. The van der Waals surface area contributed by atoms with Crippen LogP contribution in [-0.4, -0.2) is 48.1 Å². The van der Waals surface area contributed by atoms with Gasteiger partial charge >= 0.3 is 0 Å². The van der Waals surface area contributed by atoms with Crippen molar-refractivity contribution in [1.82, 2.24) is 15.5 Å². The third-order valence-corrected chi connectivity index (χ3v) is 5.19. The zero-order chi connectivity index (χ0) is 19.6. The largest absolute Gasteiger partial charge is 0.494 e. The lowest BCUT2D eigenvalue weighted by Gasteiger charge is -2.15. The van der Waals surface area contributed by atoms with Gasteiger partial charge in [-0.05, 0) is 59.5 Å². The Labute approximate surface area is 168 Å². The van der Waals surface area contributed by atoms with Crippen molar-refractivity contribution in [2.75, 3.05) is 26.4 Å². The summed E-state index contributed by atoms with van der Waals surface area (Å²) >= 11 is 0. The van der Waals surface area contributed by atoms with E-state index in [9.17, 15) is 5.11 Å². The molecule has 2 aromatic carbocycles. The van der Waals surface area contributed by atoms with Gasteiger partial charge in [0, 0.05) is 17.5 Å². The number of aliphatic hydroxyl groups excluding tert-OH is 1. The number of nitrogens with zero attached hydrogens (tertiary/aromatic N) is 1. The summed E-state index contributed by atoms with van der Waals surface area (Å²) in [5, 5.41) is 21.7. The summed E-state index contributed by atoms with van der Waals surface area (Å²) in [6.07, 6.45) is 1.82. The Kier molecular flexibility index (Phi) is 5.03. The summed E-state index contributed by atoms with van der Waals surface area (Å²) in [6, 6.07) is 12.2. The second-order valence-electron chi connectivity index (χ2n) is 7.26. The van der Waals surface area contributed by atoms with Crippen LogP contribution in [0.4, 0.5) is 0 Å². The van der Waals surface area contributed by atoms with E-state index in [0.29, 0.717) is 26.4 Å². The highest BCUT2D eigenvalue weighted by Gasteiger charge is 2.16. The second kappa shape index (κ2) is 7.96. The zero-order valence-corrected chi connectivity index (χ0v) is 16.0. The average Bonchev–Trinajstić information content (AvgIpc) is 3.41. The number of H-pyrrole nitrogens is 1. The zero-order valence-electron chi connectivity index (χ0n) is 16.0. The van der Waals surface area contributed by atoms with Crippen molar-refractivity contribution in [3.05, 3.63) is 53.6 Å². The molecule has 0 spiro atoms. The maximum absolute atomic E-state index is 10.1. The lowest BCUT2D eigenvalue weighted by Crippen LogP contribution is -2.32. The third kappa shape index (κ3) is 3.90. The van der Waals surface area contributed by atoms with Crippen molar-refractivity contribution in [3.8, 4) is 17.0 Å². The summed E-state index contributed by atoms with van der Waals surface area (Å²) in [6.45, 7) is 2.64. The minimum absolute atomic E-state index is 0.285. The van der Waals surface area contributed by atoms with Crippen molar-refractivity contribution in [1.29, 1.82) is 0 Å². The van der Waals surface area contributed by atoms with Gasteiger partial charge in [0.05, 0.1) is 31.9 Å². The minimum Gasteiger partial charge on any atom is -0.494 e. The maximum atomic E-state index is 10.1. The molecule has 7 nitrogen and oxygen atoms in total. The molecule has 3 aromatic rings. The van der Waals surface area contributed by atoms with E-state index in [-0.39, 0.29) is 6.61 Å². The molecule has 2 aliphatic rings. The van der Waals surface area contributed by atoms with Gasteiger partial charge in [-0.2, -0.15) is 5.10 Å². The van der Waals surface area contributed by atoms with E-state index < -0.39 is 6.41 Å². The van der Waals surface area contributed by atoms with Crippen LogP contribution in [0.3, 0.4) is 0 Å². The van der Waals surface area contributed by atoms with Crippen LogP contribution in [0, 0.1) is 0 Å². The number of rotatable bonds is 1. The van der Waals surface area contributed by atoms with Gasteiger partial charge in [0.1, 0.15) is 11.4 Å². The Morgan fingerprint density at radius 2 is 2.00 bits per heavy atom. The fraction of sp³-hybridized carbons (Fsp3) is 0.318. The normalized spacial score (nSPS) is 20.2. The van der Waals surface area contributed by atoms with Crippen LogP contribution in [0.5, 0.6) is 5.75 Å². The van der Waals surface area contributed by atoms with Crippen LogP contribution >= 0.6 is 0 Å². The van der Waals surface area contributed by atoms with E-state index in [1.165, 1.54) is 0 Å². The molecule has 0 saturated carbocycles. The molecular weight excluding hydrogens is 370 g/mol. The molecule has 0 radical (unpaired) electrons. The Morgan fingerprint density at radius 1 is 1.07 bits per heavy atom. The van der Waals surface area contributed by atoms with Gasteiger partial charge in [-0.1, -0.05) is 6.08 Å². The first-order valence-corrected chi connectivity index (χ1v) is 9.82.